The average molecular weight is 256 g/mol. The first-order chi connectivity index (χ1) is 9.19. The molecular formula is C16H20N2O. The number of para-hydroxylation sites is 1. The van der Waals surface area contributed by atoms with Gasteiger partial charge in [-0.1, -0.05) is 38.5 Å². The maximum Gasteiger partial charge on any atom is 0.240 e. The molecular weight excluding hydrogens is 236 g/mol. The summed E-state index contributed by atoms with van der Waals surface area (Å²) in [5.74, 6) is 2.00. The topological polar surface area (TPSA) is 35.0 Å². The molecule has 0 amide bonds. The van der Waals surface area contributed by atoms with Crippen molar-refractivity contribution >= 4 is 0 Å². The SMILES string of the molecule is CCC(C)Cc1cnc(Oc2ccccc2)c(C)n1. The molecule has 100 valence electrons. The van der Waals surface area contributed by atoms with Crippen LogP contribution >= 0.6 is 0 Å². The van der Waals surface area contributed by atoms with Gasteiger partial charge in [-0.05, 0) is 31.4 Å². The van der Waals surface area contributed by atoms with Crippen LogP contribution in [0.3, 0.4) is 0 Å². The Morgan fingerprint density at radius 1 is 1.21 bits per heavy atom. The van der Waals surface area contributed by atoms with Crippen LogP contribution in [-0.4, -0.2) is 9.97 Å². The lowest BCUT2D eigenvalue weighted by Gasteiger charge is -2.10. The van der Waals surface area contributed by atoms with Crippen LogP contribution in [0.2, 0.25) is 0 Å². The van der Waals surface area contributed by atoms with Crippen LogP contribution in [0, 0.1) is 12.8 Å². The van der Waals surface area contributed by atoms with Crippen molar-refractivity contribution in [3.05, 3.63) is 47.9 Å². The molecule has 0 fully saturated rings. The Balaban J connectivity index is 2.11. The Bertz CT molecular complexity index is 526. The van der Waals surface area contributed by atoms with Gasteiger partial charge in [-0.3, -0.25) is 4.98 Å². The predicted molar refractivity (Wildman–Crippen MR) is 76.4 cm³/mol. The van der Waals surface area contributed by atoms with Crippen LogP contribution in [-0.2, 0) is 6.42 Å². The molecule has 1 unspecified atom stereocenters. The van der Waals surface area contributed by atoms with Gasteiger partial charge < -0.3 is 4.74 Å². The Kier molecular flexibility index (Phi) is 4.50. The van der Waals surface area contributed by atoms with Crippen LogP contribution in [0.5, 0.6) is 11.6 Å². The van der Waals surface area contributed by atoms with Gasteiger partial charge in [0.25, 0.3) is 0 Å². The number of aromatic nitrogens is 2. The Morgan fingerprint density at radius 3 is 2.58 bits per heavy atom. The second kappa shape index (κ2) is 6.32. The van der Waals surface area contributed by atoms with Gasteiger partial charge in [0.15, 0.2) is 0 Å². The standard InChI is InChI=1S/C16H20N2O/c1-4-12(2)10-14-11-17-16(13(3)18-14)19-15-8-6-5-7-9-15/h5-9,11-12H,4,10H2,1-3H3. The van der Waals surface area contributed by atoms with Crippen LogP contribution in [0.15, 0.2) is 36.5 Å². The second-order valence-electron chi connectivity index (χ2n) is 4.88. The van der Waals surface area contributed by atoms with E-state index in [1.807, 2.05) is 43.5 Å². The van der Waals surface area contributed by atoms with Gasteiger partial charge in [0, 0.05) is 0 Å². The summed E-state index contributed by atoms with van der Waals surface area (Å²) < 4.78 is 5.72. The summed E-state index contributed by atoms with van der Waals surface area (Å²) in [6.07, 6.45) is 3.94. The molecule has 3 heteroatoms. The minimum Gasteiger partial charge on any atom is -0.437 e. The maximum absolute atomic E-state index is 5.72. The number of hydrogen-bond acceptors (Lipinski definition) is 3. The van der Waals surface area contributed by atoms with Gasteiger partial charge in [0.2, 0.25) is 5.88 Å². The van der Waals surface area contributed by atoms with Crippen LogP contribution in [0.25, 0.3) is 0 Å². The normalized spacial score (nSPS) is 12.2. The van der Waals surface area contributed by atoms with Crippen LogP contribution in [0.1, 0.15) is 31.7 Å². The van der Waals surface area contributed by atoms with Gasteiger partial charge in [-0.2, -0.15) is 0 Å². The maximum atomic E-state index is 5.72. The van der Waals surface area contributed by atoms with E-state index in [-0.39, 0.29) is 0 Å². The van der Waals surface area contributed by atoms with Gasteiger partial charge in [0.05, 0.1) is 11.9 Å². The van der Waals surface area contributed by atoms with Crippen molar-refractivity contribution in [2.45, 2.75) is 33.6 Å². The molecule has 1 atom stereocenters. The number of ether oxygens (including phenoxy) is 1. The average Bonchev–Trinajstić information content (AvgIpc) is 2.43. The third-order valence-electron chi connectivity index (χ3n) is 3.16. The molecule has 0 radical (unpaired) electrons. The van der Waals surface area contributed by atoms with Gasteiger partial charge >= 0.3 is 0 Å². The molecule has 0 saturated heterocycles. The summed E-state index contributed by atoms with van der Waals surface area (Å²) in [5.41, 5.74) is 1.87. The van der Waals surface area contributed by atoms with Gasteiger partial charge in [-0.15, -0.1) is 0 Å². The Labute approximate surface area is 114 Å². The van der Waals surface area contributed by atoms with Crippen molar-refractivity contribution < 1.29 is 4.74 Å². The summed E-state index contributed by atoms with van der Waals surface area (Å²) in [5, 5.41) is 0. The van der Waals surface area contributed by atoms with E-state index in [2.05, 4.69) is 23.8 Å². The van der Waals surface area contributed by atoms with E-state index >= 15 is 0 Å². The molecule has 1 aromatic carbocycles. The molecule has 19 heavy (non-hydrogen) atoms. The zero-order valence-corrected chi connectivity index (χ0v) is 11.8. The third kappa shape index (κ3) is 3.78. The van der Waals surface area contributed by atoms with Crippen molar-refractivity contribution in [1.82, 2.24) is 9.97 Å². The fourth-order valence-corrected chi connectivity index (χ4v) is 1.82. The van der Waals surface area contributed by atoms with E-state index in [0.717, 1.165) is 30.0 Å². The number of rotatable bonds is 5. The largest absolute Gasteiger partial charge is 0.437 e. The minimum atomic E-state index is 0.583. The molecule has 0 N–H and O–H groups in total. The van der Waals surface area contributed by atoms with E-state index in [1.165, 1.54) is 0 Å². The third-order valence-corrected chi connectivity index (χ3v) is 3.16. The first kappa shape index (κ1) is 13.5. The van der Waals surface area contributed by atoms with Gasteiger partial charge in [0.1, 0.15) is 11.4 Å². The summed E-state index contributed by atoms with van der Waals surface area (Å²) in [6.45, 7) is 6.36. The molecule has 0 bridgehead atoms. The summed E-state index contributed by atoms with van der Waals surface area (Å²) in [6, 6.07) is 9.66. The highest BCUT2D eigenvalue weighted by atomic mass is 16.5. The van der Waals surface area contributed by atoms with E-state index in [0.29, 0.717) is 11.8 Å². The molecule has 0 saturated carbocycles. The molecule has 2 rings (SSSR count). The monoisotopic (exact) mass is 256 g/mol. The smallest absolute Gasteiger partial charge is 0.240 e. The van der Waals surface area contributed by atoms with Crippen molar-refractivity contribution in [3.8, 4) is 11.6 Å². The van der Waals surface area contributed by atoms with E-state index in [4.69, 9.17) is 4.74 Å². The highest BCUT2D eigenvalue weighted by Gasteiger charge is 2.08. The molecule has 1 heterocycles. The zero-order chi connectivity index (χ0) is 13.7. The number of nitrogens with zero attached hydrogens (tertiary/aromatic N) is 2. The zero-order valence-electron chi connectivity index (χ0n) is 11.8. The summed E-state index contributed by atoms with van der Waals surface area (Å²) in [7, 11) is 0. The molecule has 3 nitrogen and oxygen atoms in total. The minimum absolute atomic E-state index is 0.583. The Hall–Kier alpha value is -1.90. The van der Waals surface area contributed by atoms with Crippen molar-refractivity contribution in [2.75, 3.05) is 0 Å². The predicted octanol–water partition coefficient (Wildman–Crippen LogP) is 4.17. The molecule has 0 aliphatic rings. The Morgan fingerprint density at radius 2 is 1.95 bits per heavy atom. The number of hydrogen-bond donors (Lipinski definition) is 0. The first-order valence-electron chi connectivity index (χ1n) is 6.74. The highest BCUT2D eigenvalue weighted by Crippen LogP contribution is 2.21. The number of benzene rings is 1. The van der Waals surface area contributed by atoms with Crippen molar-refractivity contribution in [2.24, 2.45) is 5.92 Å². The van der Waals surface area contributed by atoms with E-state index < -0.39 is 0 Å². The second-order valence-corrected chi connectivity index (χ2v) is 4.88. The van der Waals surface area contributed by atoms with Crippen LogP contribution in [0.4, 0.5) is 0 Å². The molecule has 0 aliphatic carbocycles. The van der Waals surface area contributed by atoms with Crippen LogP contribution < -0.4 is 4.74 Å². The summed E-state index contributed by atoms with van der Waals surface area (Å²) in [4.78, 5) is 8.95. The molecule has 0 spiro atoms. The quantitative estimate of drug-likeness (QED) is 0.805. The number of aryl methyl sites for hydroxylation is 1. The fourth-order valence-electron chi connectivity index (χ4n) is 1.82. The van der Waals surface area contributed by atoms with Crippen molar-refractivity contribution in [3.63, 3.8) is 0 Å². The first-order valence-corrected chi connectivity index (χ1v) is 6.74. The molecule has 1 aromatic heterocycles. The highest BCUT2D eigenvalue weighted by molar-refractivity contribution is 5.28. The van der Waals surface area contributed by atoms with Gasteiger partial charge in [-0.25, -0.2) is 4.98 Å². The lowest BCUT2D eigenvalue weighted by molar-refractivity contribution is 0.452. The van der Waals surface area contributed by atoms with Crippen molar-refractivity contribution in [1.29, 1.82) is 0 Å². The lowest BCUT2D eigenvalue weighted by atomic mass is 10.0. The lowest BCUT2D eigenvalue weighted by Crippen LogP contribution is -2.03. The molecule has 2 aromatic rings. The fraction of sp³-hybridized carbons (Fsp3) is 0.375. The van der Waals surface area contributed by atoms with E-state index in [1.54, 1.807) is 0 Å². The molecule has 0 aliphatic heterocycles. The van der Waals surface area contributed by atoms with E-state index in [9.17, 15) is 0 Å². The summed E-state index contributed by atoms with van der Waals surface area (Å²) >= 11 is 0.